The first-order chi connectivity index (χ1) is 10.1. The number of hydrogen-bond acceptors (Lipinski definition) is 4. The second-order valence-corrected chi connectivity index (χ2v) is 6.27. The van der Waals surface area contributed by atoms with Crippen molar-refractivity contribution in [1.29, 1.82) is 0 Å². The number of rotatable bonds is 8. The zero-order valence-electron chi connectivity index (χ0n) is 14.4. The molecule has 0 saturated heterocycles. The maximum atomic E-state index is 4.52. The van der Waals surface area contributed by atoms with Crippen LogP contribution in [0.1, 0.15) is 35.8 Å². The zero-order chi connectivity index (χ0) is 15.7. The van der Waals surface area contributed by atoms with E-state index in [-0.39, 0.29) is 24.0 Å². The highest BCUT2D eigenvalue weighted by molar-refractivity contribution is 14.0. The molecule has 0 unspecified atom stereocenters. The van der Waals surface area contributed by atoms with E-state index in [2.05, 4.69) is 53.2 Å². The van der Waals surface area contributed by atoms with Crippen LogP contribution in [0.5, 0.6) is 0 Å². The van der Waals surface area contributed by atoms with Crippen LogP contribution in [-0.2, 0) is 6.54 Å². The van der Waals surface area contributed by atoms with Crippen molar-refractivity contribution < 1.29 is 0 Å². The lowest BCUT2D eigenvalue weighted by Crippen LogP contribution is -2.38. The third-order valence-corrected chi connectivity index (χ3v) is 4.61. The number of halogens is 1. The molecule has 5 nitrogen and oxygen atoms in total. The van der Waals surface area contributed by atoms with Crippen molar-refractivity contribution >= 4 is 41.3 Å². The van der Waals surface area contributed by atoms with E-state index >= 15 is 0 Å². The first kappa shape index (κ1) is 21.6. The molecular weight excluding hydrogens is 409 g/mol. The van der Waals surface area contributed by atoms with E-state index in [0.717, 1.165) is 55.8 Å². The molecule has 0 bridgehead atoms. The van der Waals surface area contributed by atoms with Gasteiger partial charge in [0.15, 0.2) is 5.96 Å². The van der Waals surface area contributed by atoms with Crippen LogP contribution in [0.4, 0.5) is 0 Å². The summed E-state index contributed by atoms with van der Waals surface area (Å²) in [6.07, 6.45) is 1.12. The molecule has 0 aromatic carbocycles. The van der Waals surface area contributed by atoms with Crippen molar-refractivity contribution in [2.45, 2.75) is 40.7 Å². The lowest BCUT2D eigenvalue weighted by atomic mass is 10.3. The predicted molar refractivity (Wildman–Crippen MR) is 108 cm³/mol. The fourth-order valence-corrected chi connectivity index (χ4v) is 2.92. The van der Waals surface area contributed by atoms with Crippen LogP contribution in [-0.4, -0.2) is 49.1 Å². The maximum absolute atomic E-state index is 4.52. The van der Waals surface area contributed by atoms with Gasteiger partial charge in [-0.2, -0.15) is 0 Å². The molecule has 2 N–H and O–H groups in total. The van der Waals surface area contributed by atoms with Gasteiger partial charge >= 0.3 is 0 Å². The Labute approximate surface area is 156 Å². The summed E-state index contributed by atoms with van der Waals surface area (Å²) in [7, 11) is 1.80. The average Bonchev–Trinajstić information content (AvgIpc) is 2.81. The van der Waals surface area contributed by atoms with Crippen LogP contribution in [0.25, 0.3) is 0 Å². The highest BCUT2D eigenvalue weighted by Gasteiger charge is 2.05. The number of nitrogens with one attached hydrogen (secondary N) is 2. The van der Waals surface area contributed by atoms with Gasteiger partial charge in [-0.1, -0.05) is 13.8 Å². The van der Waals surface area contributed by atoms with Gasteiger partial charge in [-0.15, -0.1) is 35.3 Å². The minimum absolute atomic E-state index is 0. The molecule has 1 heterocycles. The van der Waals surface area contributed by atoms with Crippen LogP contribution in [0.2, 0.25) is 0 Å². The molecule has 22 heavy (non-hydrogen) atoms. The summed E-state index contributed by atoms with van der Waals surface area (Å²) in [5.74, 6) is 0.847. The SMILES string of the molecule is CCN(CC)CCCNC(=NC)NCc1nc(C)c(C)s1.I. The fourth-order valence-electron chi connectivity index (χ4n) is 2.04. The second-order valence-electron chi connectivity index (χ2n) is 4.98. The lowest BCUT2D eigenvalue weighted by molar-refractivity contribution is 0.300. The van der Waals surface area contributed by atoms with Gasteiger partial charge in [0.05, 0.1) is 12.2 Å². The van der Waals surface area contributed by atoms with E-state index in [1.54, 1.807) is 18.4 Å². The minimum atomic E-state index is 0. The molecule has 1 aromatic heterocycles. The average molecular weight is 439 g/mol. The van der Waals surface area contributed by atoms with Gasteiger partial charge in [0.25, 0.3) is 0 Å². The summed E-state index contributed by atoms with van der Waals surface area (Å²) in [5.41, 5.74) is 1.12. The summed E-state index contributed by atoms with van der Waals surface area (Å²) in [4.78, 5) is 12.5. The highest BCUT2D eigenvalue weighted by atomic mass is 127. The summed E-state index contributed by atoms with van der Waals surface area (Å²) < 4.78 is 0. The van der Waals surface area contributed by atoms with Gasteiger partial charge in [0.2, 0.25) is 0 Å². The number of thiazole rings is 1. The Morgan fingerprint density at radius 2 is 1.91 bits per heavy atom. The smallest absolute Gasteiger partial charge is 0.191 e. The number of nitrogens with zero attached hydrogens (tertiary/aromatic N) is 3. The first-order valence-electron chi connectivity index (χ1n) is 7.70. The first-order valence-corrected chi connectivity index (χ1v) is 8.52. The topological polar surface area (TPSA) is 52.5 Å². The fraction of sp³-hybridized carbons (Fsp3) is 0.733. The van der Waals surface area contributed by atoms with Crippen LogP contribution >= 0.6 is 35.3 Å². The maximum Gasteiger partial charge on any atom is 0.191 e. The molecule has 0 fully saturated rings. The van der Waals surface area contributed by atoms with E-state index in [9.17, 15) is 0 Å². The Hall–Kier alpha value is -0.410. The quantitative estimate of drug-likeness (QED) is 0.283. The van der Waals surface area contributed by atoms with E-state index in [1.165, 1.54) is 4.88 Å². The van der Waals surface area contributed by atoms with Crippen LogP contribution < -0.4 is 10.6 Å². The summed E-state index contributed by atoms with van der Waals surface area (Å²) in [5, 5.41) is 7.78. The molecule has 0 aliphatic carbocycles. The van der Waals surface area contributed by atoms with E-state index in [0.29, 0.717) is 0 Å². The third-order valence-electron chi connectivity index (χ3n) is 3.54. The van der Waals surface area contributed by atoms with Gasteiger partial charge in [0, 0.05) is 18.5 Å². The van der Waals surface area contributed by atoms with E-state index in [4.69, 9.17) is 0 Å². The summed E-state index contributed by atoms with van der Waals surface area (Å²) in [6.45, 7) is 13.6. The lowest BCUT2D eigenvalue weighted by Gasteiger charge is -2.18. The van der Waals surface area contributed by atoms with Gasteiger partial charge < -0.3 is 15.5 Å². The summed E-state index contributed by atoms with van der Waals surface area (Å²) >= 11 is 1.74. The number of guanidine groups is 1. The molecule has 0 spiro atoms. The van der Waals surface area contributed by atoms with Gasteiger partial charge in [0.1, 0.15) is 5.01 Å². The van der Waals surface area contributed by atoms with E-state index in [1.807, 2.05) is 0 Å². The Bertz CT molecular complexity index is 424. The predicted octanol–water partition coefficient (Wildman–Crippen LogP) is 2.77. The molecule has 0 aliphatic rings. The van der Waals surface area contributed by atoms with E-state index < -0.39 is 0 Å². The number of aliphatic imine (C=N–C) groups is 1. The molecule has 0 amide bonds. The monoisotopic (exact) mass is 439 g/mol. The normalized spacial score (nSPS) is 11.5. The molecule has 1 rings (SSSR count). The molecule has 0 radical (unpaired) electrons. The van der Waals surface area contributed by atoms with Crippen LogP contribution in [0.15, 0.2) is 4.99 Å². The van der Waals surface area contributed by atoms with Crippen molar-refractivity contribution in [3.63, 3.8) is 0 Å². The Morgan fingerprint density at radius 3 is 2.41 bits per heavy atom. The Balaban J connectivity index is 0.00000441. The largest absolute Gasteiger partial charge is 0.356 e. The van der Waals surface area contributed by atoms with Crippen LogP contribution in [0, 0.1) is 13.8 Å². The molecule has 7 heteroatoms. The van der Waals surface area contributed by atoms with Gasteiger partial charge in [-0.25, -0.2) is 4.98 Å². The van der Waals surface area contributed by atoms with Crippen molar-refractivity contribution in [3.8, 4) is 0 Å². The molecule has 128 valence electrons. The molecule has 0 aliphatic heterocycles. The molecular formula is C15H30IN5S. The minimum Gasteiger partial charge on any atom is -0.356 e. The highest BCUT2D eigenvalue weighted by Crippen LogP contribution is 2.15. The number of hydrogen-bond donors (Lipinski definition) is 2. The Kier molecular flexibility index (Phi) is 11.8. The molecule has 0 saturated carbocycles. The second kappa shape index (κ2) is 12.1. The summed E-state index contributed by atoms with van der Waals surface area (Å²) in [6, 6.07) is 0. The van der Waals surface area contributed by atoms with Gasteiger partial charge in [-0.05, 0) is 39.9 Å². The zero-order valence-corrected chi connectivity index (χ0v) is 17.5. The molecule has 1 aromatic rings. The number of aromatic nitrogens is 1. The van der Waals surface area contributed by atoms with Crippen molar-refractivity contribution in [2.75, 3.05) is 33.2 Å². The third kappa shape index (κ3) is 7.73. The van der Waals surface area contributed by atoms with Crippen molar-refractivity contribution in [2.24, 2.45) is 4.99 Å². The van der Waals surface area contributed by atoms with Crippen molar-refractivity contribution in [3.05, 3.63) is 15.6 Å². The number of aryl methyl sites for hydroxylation is 2. The van der Waals surface area contributed by atoms with Crippen molar-refractivity contribution in [1.82, 2.24) is 20.5 Å². The van der Waals surface area contributed by atoms with Crippen LogP contribution in [0.3, 0.4) is 0 Å². The standard InChI is InChI=1S/C15H29N5S.HI/c1-6-20(7-2)10-8-9-17-15(16-5)18-11-14-19-12(3)13(4)21-14;/h6-11H2,1-5H3,(H2,16,17,18);1H. The molecule has 0 atom stereocenters. The van der Waals surface area contributed by atoms with Gasteiger partial charge in [-0.3, -0.25) is 4.99 Å². The Morgan fingerprint density at radius 1 is 1.23 bits per heavy atom.